The lowest BCUT2D eigenvalue weighted by atomic mass is 9.86. The van der Waals surface area contributed by atoms with Gasteiger partial charge in [-0.1, -0.05) is 45.0 Å². The van der Waals surface area contributed by atoms with Gasteiger partial charge in [0.2, 0.25) is 6.29 Å². The Morgan fingerprint density at radius 1 is 1.18 bits per heavy atom. The summed E-state index contributed by atoms with van der Waals surface area (Å²) in [7, 11) is 0. The Hall–Kier alpha value is -1.90. The predicted octanol–water partition coefficient (Wildman–Crippen LogP) is 3.45. The molecule has 0 aliphatic carbocycles. The van der Waals surface area contributed by atoms with Crippen LogP contribution in [-0.2, 0) is 5.41 Å². The van der Waals surface area contributed by atoms with Crippen molar-refractivity contribution in [1.82, 2.24) is 4.98 Å². The Bertz CT molecular complexity index is 518. The summed E-state index contributed by atoms with van der Waals surface area (Å²) in [5.41, 5.74) is 2.32. The van der Waals surface area contributed by atoms with Gasteiger partial charge in [0.15, 0.2) is 5.76 Å². The molecule has 0 bridgehead atoms. The number of carbonyl (C=O) groups excluding carboxylic acids is 1. The summed E-state index contributed by atoms with van der Waals surface area (Å²) < 4.78 is 5.27. The maximum absolute atomic E-state index is 10.5. The topological polar surface area (TPSA) is 43.1 Å². The lowest BCUT2D eigenvalue weighted by Crippen LogP contribution is -2.10. The molecule has 88 valence electrons. The van der Waals surface area contributed by atoms with Crippen LogP contribution in [0.4, 0.5) is 0 Å². The first kappa shape index (κ1) is 11.6. The Morgan fingerprint density at radius 2 is 1.82 bits per heavy atom. The Morgan fingerprint density at radius 3 is 2.29 bits per heavy atom. The van der Waals surface area contributed by atoms with Crippen molar-refractivity contribution < 1.29 is 9.21 Å². The van der Waals surface area contributed by atoms with Crippen molar-refractivity contribution in [2.45, 2.75) is 26.2 Å². The highest BCUT2D eigenvalue weighted by molar-refractivity contribution is 5.69. The number of hydrogen-bond donors (Lipinski definition) is 0. The zero-order chi connectivity index (χ0) is 12.5. The summed E-state index contributed by atoms with van der Waals surface area (Å²) in [4.78, 5) is 14.3. The fourth-order valence-electron chi connectivity index (χ4n) is 1.61. The molecule has 0 aliphatic heterocycles. The molecule has 0 fully saturated rings. The zero-order valence-corrected chi connectivity index (χ0v) is 10.2. The molecule has 0 radical (unpaired) electrons. The van der Waals surface area contributed by atoms with Gasteiger partial charge in [0.25, 0.3) is 5.89 Å². The van der Waals surface area contributed by atoms with Gasteiger partial charge in [0, 0.05) is 5.56 Å². The number of oxazole rings is 1. The van der Waals surface area contributed by atoms with Gasteiger partial charge in [-0.15, -0.1) is 0 Å². The average molecular weight is 229 g/mol. The maximum atomic E-state index is 10.5. The van der Waals surface area contributed by atoms with Crippen LogP contribution in [0.2, 0.25) is 0 Å². The molecule has 1 heterocycles. The molecule has 1 aromatic heterocycles. The van der Waals surface area contributed by atoms with Gasteiger partial charge in [-0.05, 0) is 11.0 Å². The highest BCUT2D eigenvalue weighted by Crippen LogP contribution is 2.26. The van der Waals surface area contributed by atoms with Crippen molar-refractivity contribution in [3.05, 3.63) is 41.9 Å². The largest absolute Gasteiger partial charge is 0.434 e. The zero-order valence-electron chi connectivity index (χ0n) is 10.2. The van der Waals surface area contributed by atoms with Gasteiger partial charge >= 0.3 is 0 Å². The minimum atomic E-state index is 0.111. The van der Waals surface area contributed by atoms with E-state index >= 15 is 0 Å². The molecule has 0 spiro atoms. The van der Waals surface area contributed by atoms with Gasteiger partial charge in [-0.3, -0.25) is 4.79 Å². The molecule has 0 N–H and O–H groups in total. The predicted molar refractivity (Wildman–Crippen MR) is 66.0 cm³/mol. The van der Waals surface area contributed by atoms with Crippen LogP contribution >= 0.6 is 0 Å². The van der Waals surface area contributed by atoms with Gasteiger partial charge < -0.3 is 4.42 Å². The third kappa shape index (κ3) is 2.44. The number of carbonyl (C=O) groups is 1. The SMILES string of the molecule is CC(C)(C)c1ccc(-c2cnc(C=O)o2)cc1. The molecule has 17 heavy (non-hydrogen) atoms. The van der Waals surface area contributed by atoms with Crippen molar-refractivity contribution in [2.75, 3.05) is 0 Å². The van der Waals surface area contributed by atoms with E-state index in [1.165, 1.54) is 5.56 Å². The number of benzene rings is 1. The summed E-state index contributed by atoms with van der Waals surface area (Å²) >= 11 is 0. The standard InChI is InChI=1S/C14H15NO2/c1-14(2,3)11-6-4-10(5-7-11)12-8-15-13(9-16)17-12/h4-9H,1-3H3. The molecular weight excluding hydrogens is 214 g/mol. The first-order chi connectivity index (χ1) is 8.00. The average Bonchev–Trinajstić information content (AvgIpc) is 2.76. The van der Waals surface area contributed by atoms with Crippen molar-refractivity contribution in [1.29, 1.82) is 0 Å². The van der Waals surface area contributed by atoms with Crippen molar-refractivity contribution in [3.63, 3.8) is 0 Å². The van der Waals surface area contributed by atoms with Gasteiger partial charge in [0.1, 0.15) is 0 Å². The highest BCUT2D eigenvalue weighted by Gasteiger charge is 2.13. The third-order valence-corrected chi connectivity index (χ3v) is 2.66. The van der Waals surface area contributed by atoms with Crippen LogP contribution < -0.4 is 0 Å². The first-order valence-electron chi connectivity index (χ1n) is 5.52. The molecule has 0 atom stereocenters. The quantitative estimate of drug-likeness (QED) is 0.741. The number of aldehydes is 1. The molecule has 3 nitrogen and oxygen atoms in total. The van der Waals surface area contributed by atoms with E-state index in [2.05, 4.69) is 37.9 Å². The monoisotopic (exact) mass is 229 g/mol. The van der Waals surface area contributed by atoms with E-state index in [9.17, 15) is 4.79 Å². The van der Waals surface area contributed by atoms with Crippen molar-refractivity contribution >= 4 is 6.29 Å². The second kappa shape index (κ2) is 4.17. The van der Waals surface area contributed by atoms with E-state index in [0.717, 1.165) is 5.56 Å². The summed E-state index contributed by atoms with van der Waals surface area (Å²) in [6.07, 6.45) is 2.17. The Balaban J connectivity index is 2.32. The maximum Gasteiger partial charge on any atom is 0.260 e. The van der Waals surface area contributed by atoms with Crippen LogP contribution in [0.25, 0.3) is 11.3 Å². The highest BCUT2D eigenvalue weighted by atomic mass is 16.4. The van der Waals surface area contributed by atoms with E-state index in [-0.39, 0.29) is 11.3 Å². The minimum absolute atomic E-state index is 0.111. The van der Waals surface area contributed by atoms with Crippen LogP contribution in [0, 0.1) is 0 Å². The summed E-state index contributed by atoms with van der Waals surface area (Å²) in [6.45, 7) is 6.50. The second-order valence-corrected chi connectivity index (χ2v) is 5.01. The first-order valence-corrected chi connectivity index (χ1v) is 5.52. The number of nitrogens with zero attached hydrogens (tertiary/aromatic N) is 1. The molecule has 0 amide bonds. The lowest BCUT2D eigenvalue weighted by molar-refractivity contribution is 0.109. The molecule has 1 aromatic carbocycles. The van der Waals surface area contributed by atoms with E-state index in [4.69, 9.17) is 4.42 Å². The Kier molecular flexibility index (Phi) is 2.84. The van der Waals surface area contributed by atoms with Crippen molar-refractivity contribution in [3.8, 4) is 11.3 Å². The van der Waals surface area contributed by atoms with Crippen LogP contribution in [0.15, 0.2) is 34.9 Å². The smallest absolute Gasteiger partial charge is 0.260 e. The van der Waals surface area contributed by atoms with E-state index < -0.39 is 0 Å². The van der Waals surface area contributed by atoms with E-state index in [0.29, 0.717) is 12.0 Å². The van der Waals surface area contributed by atoms with Crippen LogP contribution in [0.5, 0.6) is 0 Å². The fraction of sp³-hybridized carbons (Fsp3) is 0.286. The molecular formula is C14H15NO2. The Labute approximate surface area is 100 Å². The number of rotatable bonds is 2. The molecule has 0 aliphatic rings. The molecule has 0 saturated heterocycles. The molecule has 0 unspecified atom stereocenters. The molecule has 2 aromatic rings. The number of aromatic nitrogens is 1. The second-order valence-electron chi connectivity index (χ2n) is 5.01. The molecule has 0 saturated carbocycles. The molecule has 3 heteroatoms. The van der Waals surface area contributed by atoms with Crippen LogP contribution in [0.1, 0.15) is 37.0 Å². The summed E-state index contributed by atoms with van der Waals surface area (Å²) in [6, 6.07) is 8.10. The summed E-state index contributed by atoms with van der Waals surface area (Å²) in [5, 5.41) is 0. The van der Waals surface area contributed by atoms with Crippen molar-refractivity contribution in [2.24, 2.45) is 0 Å². The minimum Gasteiger partial charge on any atom is -0.434 e. The van der Waals surface area contributed by atoms with Crippen LogP contribution in [-0.4, -0.2) is 11.3 Å². The van der Waals surface area contributed by atoms with Gasteiger partial charge in [-0.2, -0.15) is 0 Å². The van der Waals surface area contributed by atoms with Gasteiger partial charge in [-0.25, -0.2) is 4.98 Å². The lowest BCUT2D eigenvalue weighted by Gasteiger charge is -2.18. The summed E-state index contributed by atoms with van der Waals surface area (Å²) in [5.74, 6) is 0.729. The molecule has 2 rings (SSSR count). The van der Waals surface area contributed by atoms with E-state index in [1.807, 2.05) is 12.1 Å². The fourth-order valence-corrected chi connectivity index (χ4v) is 1.61. The normalized spacial score (nSPS) is 11.5. The van der Waals surface area contributed by atoms with E-state index in [1.54, 1.807) is 6.20 Å². The van der Waals surface area contributed by atoms with Crippen LogP contribution in [0.3, 0.4) is 0 Å². The van der Waals surface area contributed by atoms with Gasteiger partial charge in [0.05, 0.1) is 6.20 Å². The third-order valence-electron chi connectivity index (χ3n) is 2.66. The number of hydrogen-bond acceptors (Lipinski definition) is 3.